The number of rotatable bonds is 3. The van der Waals surface area contributed by atoms with Crippen LogP contribution in [0.3, 0.4) is 0 Å². The Morgan fingerprint density at radius 3 is 2.38 bits per heavy atom. The number of hydrogen-bond acceptors (Lipinski definition) is 2. The van der Waals surface area contributed by atoms with Gasteiger partial charge in [-0.05, 0) is 53.0 Å². The van der Waals surface area contributed by atoms with Crippen LogP contribution in [-0.2, 0) is 12.0 Å². The molecule has 2 aromatic rings. The predicted molar refractivity (Wildman–Crippen MR) is 103 cm³/mol. The van der Waals surface area contributed by atoms with Gasteiger partial charge < -0.3 is 5.32 Å². The zero-order chi connectivity index (χ0) is 17.7. The minimum Gasteiger partial charge on any atom is -0.358 e. The van der Waals surface area contributed by atoms with E-state index in [-0.39, 0.29) is 11.3 Å². The second kappa shape index (κ2) is 7.77. The van der Waals surface area contributed by atoms with Gasteiger partial charge >= 0.3 is 0 Å². The molecule has 2 aromatic carbocycles. The molecule has 1 amide bonds. The first-order chi connectivity index (χ1) is 11.3. The van der Waals surface area contributed by atoms with Gasteiger partial charge in [-0.1, -0.05) is 56.6 Å². The molecule has 0 spiro atoms. The molecule has 0 radical (unpaired) electrons. The van der Waals surface area contributed by atoms with Crippen LogP contribution in [0.1, 0.15) is 42.3 Å². The van der Waals surface area contributed by atoms with Crippen molar-refractivity contribution < 1.29 is 4.79 Å². The van der Waals surface area contributed by atoms with E-state index in [1.54, 1.807) is 0 Å². The highest BCUT2D eigenvalue weighted by molar-refractivity contribution is 7.80. The fourth-order valence-electron chi connectivity index (χ4n) is 2.17. The molecule has 2 rings (SSSR count). The Balaban J connectivity index is 1.90. The molecular weight excluding hydrogens is 340 g/mol. The molecule has 2 N–H and O–H groups in total. The lowest BCUT2D eigenvalue weighted by molar-refractivity contribution is 0.0976. The Kier molecular flexibility index (Phi) is 5.97. The van der Waals surface area contributed by atoms with Crippen LogP contribution in [-0.4, -0.2) is 11.0 Å². The molecule has 0 aromatic heterocycles. The van der Waals surface area contributed by atoms with Gasteiger partial charge in [-0.2, -0.15) is 0 Å². The molecular formula is C19H21ClN2OS. The van der Waals surface area contributed by atoms with E-state index in [4.69, 9.17) is 23.8 Å². The fourth-order valence-corrected chi connectivity index (χ4v) is 2.55. The minimum absolute atomic E-state index is 0.0584. The van der Waals surface area contributed by atoms with Crippen molar-refractivity contribution in [2.75, 3.05) is 0 Å². The SMILES string of the molecule is CC(C)(C)c1ccc(C(=O)NC(=S)NCc2cccc(Cl)c2)cc1. The molecule has 0 bridgehead atoms. The highest BCUT2D eigenvalue weighted by atomic mass is 35.5. The highest BCUT2D eigenvalue weighted by Gasteiger charge is 2.14. The highest BCUT2D eigenvalue weighted by Crippen LogP contribution is 2.22. The number of thiocarbonyl (C=S) groups is 1. The van der Waals surface area contributed by atoms with Crippen LogP contribution in [0.5, 0.6) is 0 Å². The molecule has 0 fully saturated rings. The van der Waals surface area contributed by atoms with Crippen molar-refractivity contribution in [2.24, 2.45) is 0 Å². The van der Waals surface area contributed by atoms with Gasteiger partial charge in [-0.15, -0.1) is 0 Å². The lowest BCUT2D eigenvalue weighted by Gasteiger charge is -2.19. The third-order valence-corrected chi connectivity index (χ3v) is 4.06. The molecule has 0 heterocycles. The van der Waals surface area contributed by atoms with E-state index >= 15 is 0 Å². The van der Waals surface area contributed by atoms with Crippen LogP contribution in [0, 0.1) is 0 Å². The van der Waals surface area contributed by atoms with Gasteiger partial charge in [0.25, 0.3) is 5.91 Å². The van der Waals surface area contributed by atoms with Crippen LogP contribution in [0.2, 0.25) is 5.02 Å². The Morgan fingerprint density at radius 1 is 1.12 bits per heavy atom. The van der Waals surface area contributed by atoms with E-state index in [2.05, 4.69) is 31.4 Å². The van der Waals surface area contributed by atoms with Crippen LogP contribution >= 0.6 is 23.8 Å². The maximum atomic E-state index is 12.2. The average Bonchev–Trinajstić information content (AvgIpc) is 2.52. The number of halogens is 1. The number of carbonyl (C=O) groups excluding carboxylic acids is 1. The smallest absolute Gasteiger partial charge is 0.257 e. The van der Waals surface area contributed by atoms with E-state index in [0.29, 0.717) is 22.2 Å². The van der Waals surface area contributed by atoms with Crippen molar-refractivity contribution in [2.45, 2.75) is 32.7 Å². The third-order valence-electron chi connectivity index (χ3n) is 3.58. The van der Waals surface area contributed by atoms with Crippen molar-refractivity contribution in [3.05, 3.63) is 70.2 Å². The van der Waals surface area contributed by atoms with Gasteiger partial charge in [0.05, 0.1) is 0 Å². The van der Waals surface area contributed by atoms with E-state index in [9.17, 15) is 4.79 Å². The van der Waals surface area contributed by atoms with E-state index in [1.807, 2.05) is 48.5 Å². The van der Waals surface area contributed by atoms with E-state index in [0.717, 1.165) is 5.56 Å². The number of nitrogens with one attached hydrogen (secondary N) is 2. The second-order valence-corrected chi connectivity index (χ2v) is 7.44. The topological polar surface area (TPSA) is 41.1 Å². The summed E-state index contributed by atoms with van der Waals surface area (Å²) in [7, 11) is 0. The van der Waals surface area contributed by atoms with Gasteiger partial charge in [-0.3, -0.25) is 10.1 Å². The van der Waals surface area contributed by atoms with Gasteiger partial charge in [0, 0.05) is 17.1 Å². The van der Waals surface area contributed by atoms with Crippen LogP contribution < -0.4 is 10.6 Å². The van der Waals surface area contributed by atoms with E-state index < -0.39 is 0 Å². The van der Waals surface area contributed by atoms with Crippen molar-refractivity contribution in [3.8, 4) is 0 Å². The zero-order valence-electron chi connectivity index (χ0n) is 14.0. The zero-order valence-corrected chi connectivity index (χ0v) is 15.6. The molecule has 5 heteroatoms. The summed E-state index contributed by atoms with van der Waals surface area (Å²) in [5.74, 6) is -0.223. The third kappa shape index (κ3) is 5.32. The first-order valence-electron chi connectivity index (χ1n) is 7.70. The molecule has 0 saturated carbocycles. The maximum absolute atomic E-state index is 12.2. The molecule has 0 aliphatic rings. The quantitative estimate of drug-likeness (QED) is 0.795. The summed E-state index contributed by atoms with van der Waals surface area (Å²) < 4.78 is 0. The second-order valence-electron chi connectivity index (χ2n) is 6.59. The molecule has 0 aliphatic carbocycles. The minimum atomic E-state index is -0.223. The summed E-state index contributed by atoms with van der Waals surface area (Å²) in [4.78, 5) is 12.2. The van der Waals surface area contributed by atoms with Gasteiger partial charge in [0.15, 0.2) is 5.11 Å². The predicted octanol–water partition coefficient (Wildman–Crippen LogP) is 4.44. The van der Waals surface area contributed by atoms with Crippen LogP contribution in [0.4, 0.5) is 0 Å². The van der Waals surface area contributed by atoms with Crippen LogP contribution in [0.15, 0.2) is 48.5 Å². The molecule has 126 valence electrons. The normalized spacial score (nSPS) is 11.0. The summed E-state index contributed by atoms with van der Waals surface area (Å²) in [6, 6.07) is 15.0. The van der Waals surface area contributed by atoms with Crippen molar-refractivity contribution >= 4 is 34.8 Å². The summed E-state index contributed by atoms with van der Waals surface area (Å²) in [5, 5.41) is 6.65. The number of hydrogen-bond donors (Lipinski definition) is 2. The summed E-state index contributed by atoms with van der Waals surface area (Å²) >= 11 is 11.1. The molecule has 0 aliphatic heterocycles. The first-order valence-corrected chi connectivity index (χ1v) is 8.48. The number of benzene rings is 2. The Labute approximate surface area is 153 Å². The van der Waals surface area contributed by atoms with Crippen molar-refractivity contribution in [1.82, 2.24) is 10.6 Å². The molecule has 24 heavy (non-hydrogen) atoms. The fraction of sp³-hybridized carbons (Fsp3) is 0.263. The Bertz CT molecular complexity index is 736. The number of carbonyl (C=O) groups is 1. The molecule has 3 nitrogen and oxygen atoms in total. The number of amides is 1. The van der Waals surface area contributed by atoms with Gasteiger partial charge in [-0.25, -0.2) is 0 Å². The molecule has 0 saturated heterocycles. The largest absolute Gasteiger partial charge is 0.358 e. The standard InChI is InChI=1S/C19H21ClN2OS/c1-19(2,3)15-9-7-14(8-10-15)17(23)22-18(24)21-12-13-5-4-6-16(20)11-13/h4-11H,12H2,1-3H3,(H2,21,22,23,24). The van der Waals surface area contributed by atoms with Crippen molar-refractivity contribution in [1.29, 1.82) is 0 Å². The summed E-state index contributed by atoms with van der Waals surface area (Å²) in [5.41, 5.74) is 2.81. The lowest BCUT2D eigenvalue weighted by Crippen LogP contribution is -2.38. The lowest BCUT2D eigenvalue weighted by atomic mass is 9.87. The van der Waals surface area contributed by atoms with Crippen LogP contribution in [0.25, 0.3) is 0 Å². The van der Waals surface area contributed by atoms with E-state index in [1.165, 1.54) is 5.56 Å². The molecule has 0 unspecified atom stereocenters. The van der Waals surface area contributed by atoms with Gasteiger partial charge in [0.2, 0.25) is 0 Å². The Morgan fingerprint density at radius 2 is 1.79 bits per heavy atom. The van der Waals surface area contributed by atoms with Gasteiger partial charge in [0.1, 0.15) is 0 Å². The average molecular weight is 361 g/mol. The summed E-state index contributed by atoms with van der Waals surface area (Å²) in [6.07, 6.45) is 0. The monoisotopic (exact) mass is 360 g/mol. The Hall–Kier alpha value is -1.91. The first kappa shape index (κ1) is 18.4. The molecule has 0 atom stereocenters. The summed E-state index contributed by atoms with van der Waals surface area (Å²) in [6.45, 7) is 6.91. The maximum Gasteiger partial charge on any atom is 0.257 e. The van der Waals surface area contributed by atoms with Crippen molar-refractivity contribution in [3.63, 3.8) is 0 Å².